The van der Waals surface area contributed by atoms with Crippen LogP contribution in [0.5, 0.6) is 11.5 Å². The van der Waals surface area contributed by atoms with Crippen LogP contribution in [0.4, 0.5) is 0 Å². The van der Waals surface area contributed by atoms with Gasteiger partial charge in [-0.25, -0.2) is 0 Å². The number of aromatic hydroxyl groups is 1. The third-order valence-corrected chi connectivity index (χ3v) is 7.31. The zero-order valence-electron chi connectivity index (χ0n) is 14.3. The Morgan fingerprint density at radius 2 is 2.20 bits per heavy atom. The fourth-order valence-electron chi connectivity index (χ4n) is 6.41. The second-order valence-electron chi connectivity index (χ2n) is 8.26. The minimum absolute atomic E-state index is 0.136. The summed E-state index contributed by atoms with van der Waals surface area (Å²) in [7, 11) is 0. The fourth-order valence-corrected chi connectivity index (χ4v) is 6.41. The molecule has 4 aliphatic rings. The molecule has 2 bridgehead atoms. The van der Waals surface area contributed by atoms with Crippen molar-refractivity contribution in [1.82, 2.24) is 4.90 Å². The normalized spacial score (nSPS) is 35.3. The van der Waals surface area contributed by atoms with Crippen molar-refractivity contribution >= 4 is 0 Å². The molecule has 130 valence electrons. The molecule has 25 heavy (non-hydrogen) atoms. The molecule has 1 aromatic carbocycles. The van der Waals surface area contributed by atoms with Gasteiger partial charge in [-0.1, -0.05) is 6.07 Å². The number of furan rings is 1. The van der Waals surface area contributed by atoms with Crippen LogP contribution in [0.1, 0.15) is 42.4 Å². The first-order chi connectivity index (χ1) is 12.3. The van der Waals surface area contributed by atoms with Crippen LogP contribution in [0.25, 0.3) is 0 Å². The van der Waals surface area contributed by atoms with Crippen molar-refractivity contribution in [3.05, 3.63) is 47.4 Å². The highest BCUT2D eigenvalue weighted by atomic mass is 16.5. The van der Waals surface area contributed by atoms with Gasteiger partial charge in [-0.05, 0) is 62.3 Å². The second kappa shape index (κ2) is 4.82. The quantitative estimate of drug-likeness (QED) is 0.909. The first-order valence-corrected chi connectivity index (χ1v) is 9.54. The summed E-state index contributed by atoms with van der Waals surface area (Å²) in [5.74, 6) is 1.78. The van der Waals surface area contributed by atoms with Gasteiger partial charge < -0.3 is 14.3 Å². The molecule has 1 aromatic heterocycles. The van der Waals surface area contributed by atoms with Crippen molar-refractivity contribution in [2.24, 2.45) is 5.92 Å². The molecule has 4 heteroatoms. The molecule has 4 nitrogen and oxygen atoms in total. The van der Waals surface area contributed by atoms with Crippen LogP contribution in [-0.2, 0) is 18.4 Å². The number of phenols is 1. The first-order valence-electron chi connectivity index (χ1n) is 9.54. The van der Waals surface area contributed by atoms with E-state index in [1.165, 1.54) is 29.5 Å². The SMILES string of the molecule is Oc1ccc2c3c1O[C@H]1CCC[C@@H]4[C@H](C2)N(Cc2ccoc2)CC[C@@]314. The van der Waals surface area contributed by atoms with Gasteiger partial charge in [-0.15, -0.1) is 0 Å². The van der Waals surface area contributed by atoms with Gasteiger partial charge in [-0.2, -0.15) is 0 Å². The Bertz CT molecular complexity index is 830. The number of piperidine rings is 1. The molecule has 1 saturated carbocycles. The Morgan fingerprint density at radius 3 is 3.08 bits per heavy atom. The topological polar surface area (TPSA) is 45.8 Å². The number of likely N-dealkylation sites (tertiary alicyclic amines) is 1. The van der Waals surface area contributed by atoms with E-state index in [-0.39, 0.29) is 11.5 Å². The van der Waals surface area contributed by atoms with E-state index in [0.29, 0.717) is 17.7 Å². The highest BCUT2D eigenvalue weighted by Gasteiger charge is 2.63. The number of hydrogen-bond donors (Lipinski definition) is 1. The van der Waals surface area contributed by atoms with Crippen molar-refractivity contribution in [1.29, 1.82) is 0 Å². The van der Waals surface area contributed by atoms with E-state index < -0.39 is 0 Å². The van der Waals surface area contributed by atoms with E-state index in [0.717, 1.165) is 38.1 Å². The molecule has 2 aromatic rings. The largest absolute Gasteiger partial charge is 0.504 e. The maximum Gasteiger partial charge on any atom is 0.165 e. The summed E-state index contributed by atoms with van der Waals surface area (Å²) < 4.78 is 11.7. The molecule has 2 aliphatic carbocycles. The number of hydrogen-bond acceptors (Lipinski definition) is 4. The minimum atomic E-state index is 0.136. The summed E-state index contributed by atoms with van der Waals surface area (Å²) in [4.78, 5) is 2.66. The predicted octanol–water partition coefficient (Wildman–Crippen LogP) is 3.61. The Kier molecular flexibility index (Phi) is 2.75. The molecular weight excluding hydrogens is 314 g/mol. The lowest BCUT2D eigenvalue weighted by Gasteiger charge is -2.58. The van der Waals surface area contributed by atoms with Crippen molar-refractivity contribution in [3.63, 3.8) is 0 Å². The van der Waals surface area contributed by atoms with E-state index in [2.05, 4.69) is 17.0 Å². The van der Waals surface area contributed by atoms with Crippen molar-refractivity contribution in [2.75, 3.05) is 6.54 Å². The summed E-state index contributed by atoms with van der Waals surface area (Å²) in [5, 5.41) is 10.4. The number of ether oxygens (including phenoxy) is 1. The fraction of sp³-hybridized carbons (Fsp3) is 0.524. The van der Waals surface area contributed by atoms with E-state index in [9.17, 15) is 5.11 Å². The van der Waals surface area contributed by atoms with E-state index in [1.54, 1.807) is 6.26 Å². The lowest BCUT2D eigenvalue weighted by atomic mass is 9.52. The van der Waals surface area contributed by atoms with Gasteiger partial charge in [0.1, 0.15) is 6.10 Å². The summed E-state index contributed by atoms with van der Waals surface area (Å²) in [6, 6.07) is 6.62. The highest BCUT2D eigenvalue weighted by molar-refractivity contribution is 5.60. The van der Waals surface area contributed by atoms with Crippen LogP contribution in [-0.4, -0.2) is 28.7 Å². The molecule has 1 saturated heterocycles. The van der Waals surface area contributed by atoms with Crippen molar-refractivity contribution in [2.45, 2.75) is 56.2 Å². The maximum absolute atomic E-state index is 10.4. The first kappa shape index (κ1) is 14.3. The molecule has 1 spiro atoms. The van der Waals surface area contributed by atoms with Crippen LogP contribution in [0.15, 0.2) is 35.1 Å². The molecule has 0 radical (unpaired) electrons. The van der Waals surface area contributed by atoms with Crippen LogP contribution in [0.3, 0.4) is 0 Å². The average Bonchev–Trinajstić information content (AvgIpc) is 3.24. The summed E-state index contributed by atoms with van der Waals surface area (Å²) >= 11 is 0. The molecular formula is C21H23NO3. The highest BCUT2D eigenvalue weighted by Crippen LogP contribution is 2.63. The molecule has 4 atom stereocenters. The van der Waals surface area contributed by atoms with Crippen LogP contribution >= 0.6 is 0 Å². The van der Waals surface area contributed by atoms with Crippen LogP contribution < -0.4 is 4.74 Å². The maximum atomic E-state index is 10.4. The number of benzene rings is 1. The zero-order chi connectivity index (χ0) is 16.6. The number of phenolic OH excluding ortho intramolecular Hbond substituents is 1. The van der Waals surface area contributed by atoms with Crippen LogP contribution in [0, 0.1) is 5.92 Å². The molecule has 0 amide bonds. The van der Waals surface area contributed by atoms with Gasteiger partial charge in [0.05, 0.1) is 12.5 Å². The Hall–Kier alpha value is -1.94. The molecule has 0 unspecified atom stereocenters. The molecule has 2 aliphatic heterocycles. The predicted molar refractivity (Wildman–Crippen MR) is 92.8 cm³/mol. The van der Waals surface area contributed by atoms with Gasteiger partial charge in [0.15, 0.2) is 11.5 Å². The van der Waals surface area contributed by atoms with E-state index in [1.807, 2.05) is 12.3 Å². The van der Waals surface area contributed by atoms with E-state index >= 15 is 0 Å². The monoisotopic (exact) mass is 337 g/mol. The smallest absolute Gasteiger partial charge is 0.165 e. The number of rotatable bonds is 2. The molecule has 3 heterocycles. The summed E-state index contributed by atoms with van der Waals surface area (Å²) in [6.45, 7) is 2.07. The minimum Gasteiger partial charge on any atom is -0.504 e. The van der Waals surface area contributed by atoms with Gasteiger partial charge in [-0.3, -0.25) is 4.90 Å². The molecule has 6 rings (SSSR count). The van der Waals surface area contributed by atoms with Crippen molar-refractivity contribution in [3.8, 4) is 11.5 Å². The standard InChI is InChI=1S/C21H23NO3/c23-17-5-4-14-10-16-15-2-1-3-18-21(15,19(14)20(17)25-18)7-8-22(16)11-13-6-9-24-12-13/h4-6,9,12,15-16,18,23H,1-3,7-8,10-11H2/t15-,16+,18+,21+/m1/s1. The van der Waals surface area contributed by atoms with Crippen molar-refractivity contribution < 1.29 is 14.3 Å². The van der Waals surface area contributed by atoms with E-state index in [4.69, 9.17) is 9.15 Å². The lowest BCUT2D eigenvalue weighted by molar-refractivity contribution is -0.0547. The van der Waals surface area contributed by atoms with Gasteiger partial charge in [0.2, 0.25) is 0 Å². The van der Waals surface area contributed by atoms with Gasteiger partial charge >= 0.3 is 0 Å². The third kappa shape index (κ3) is 1.71. The molecule has 1 N–H and O–H groups in total. The Balaban J connectivity index is 1.48. The lowest BCUT2D eigenvalue weighted by Crippen LogP contribution is -2.63. The third-order valence-electron chi connectivity index (χ3n) is 7.31. The average molecular weight is 337 g/mol. The van der Waals surface area contributed by atoms with Gasteiger partial charge in [0.25, 0.3) is 0 Å². The molecule has 2 fully saturated rings. The summed E-state index contributed by atoms with van der Waals surface area (Å²) in [5.41, 5.74) is 4.16. The summed E-state index contributed by atoms with van der Waals surface area (Å²) in [6.07, 6.45) is 9.75. The zero-order valence-corrected chi connectivity index (χ0v) is 14.3. The Morgan fingerprint density at radius 1 is 1.24 bits per heavy atom. The van der Waals surface area contributed by atoms with Crippen LogP contribution in [0.2, 0.25) is 0 Å². The number of nitrogens with zero attached hydrogens (tertiary/aromatic N) is 1. The Labute approximate surface area is 147 Å². The second-order valence-corrected chi connectivity index (χ2v) is 8.26. The van der Waals surface area contributed by atoms with Gasteiger partial charge in [0, 0.05) is 29.1 Å².